The number of carbonyl (C=O) groups excluding carboxylic acids is 3. The number of aromatic nitrogens is 1. The largest absolute Gasteiger partial charge is 0.495 e. The molecule has 0 radical (unpaired) electrons. The Morgan fingerprint density at radius 3 is 2.44 bits per heavy atom. The molecule has 32 heavy (non-hydrogen) atoms. The Bertz CT molecular complexity index is 959. The summed E-state index contributed by atoms with van der Waals surface area (Å²) in [4.78, 5) is 44.2. The average Bonchev–Trinajstić information content (AvgIpc) is 2.83. The molecule has 1 aromatic carbocycles. The monoisotopic (exact) mass is 442 g/mol. The minimum absolute atomic E-state index is 0.193. The first kappa shape index (κ1) is 22.9. The third-order valence-electron chi connectivity index (χ3n) is 4.87. The molecule has 2 heterocycles. The number of rotatable bonds is 7. The highest BCUT2D eigenvalue weighted by Gasteiger charge is 2.26. The van der Waals surface area contributed by atoms with Crippen molar-refractivity contribution in [3.8, 4) is 5.75 Å². The lowest BCUT2D eigenvalue weighted by molar-refractivity contribution is -0.136. The number of nitrogens with one attached hydrogen (secondary N) is 1. The highest BCUT2D eigenvalue weighted by atomic mass is 16.6. The number of para-hydroxylation sites is 2. The molecule has 2 aromatic rings. The zero-order chi connectivity index (χ0) is 22.9. The number of pyridine rings is 1. The molecule has 1 aliphatic rings. The molecule has 2 amide bonds. The molecule has 0 aliphatic carbocycles. The summed E-state index contributed by atoms with van der Waals surface area (Å²) in [5, 5.41) is 3.07. The first-order chi connectivity index (χ1) is 15.5. The minimum atomic E-state index is -0.672. The number of ether oxygens (including phenoxy) is 3. The molecule has 0 spiro atoms. The maximum Gasteiger partial charge on any atom is 0.409 e. The van der Waals surface area contributed by atoms with Crippen LogP contribution in [0.2, 0.25) is 0 Å². The van der Waals surface area contributed by atoms with Gasteiger partial charge in [0.15, 0.2) is 6.61 Å². The second-order valence-corrected chi connectivity index (χ2v) is 6.87. The molecule has 0 bridgehead atoms. The SMILES string of the molecule is CCOC(=O)N1CCN(C(=O)COC(=O)c2cccnc2Nc2ccccc2OC)CC1. The molecule has 0 unspecified atom stereocenters. The van der Waals surface area contributed by atoms with Crippen LogP contribution in [0.15, 0.2) is 42.6 Å². The lowest BCUT2D eigenvalue weighted by Gasteiger charge is -2.33. The summed E-state index contributed by atoms with van der Waals surface area (Å²) in [7, 11) is 1.55. The number of hydrogen-bond acceptors (Lipinski definition) is 8. The first-order valence-electron chi connectivity index (χ1n) is 10.2. The Kier molecular flexibility index (Phi) is 7.85. The van der Waals surface area contributed by atoms with Crippen molar-refractivity contribution < 1.29 is 28.6 Å². The van der Waals surface area contributed by atoms with E-state index in [1.165, 1.54) is 0 Å². The van der Waals surface area contributed by atoms with E-state index in [-0.39, 0.29) is 17.3 Å². The van der Waals surface area contributed by atoms with E-state index in [1.54, 1.807) is 54.3 Å². The van der Waals surface area contributed by atoms with Crippen molar-refractivity contribution in [2.75, 3.05) is 51.8 Å². The van der Waals surface area contributed by atoms with Crippen LogP contribution in [-0.4, -0.2) is 79.3 Å². The van der Waals surface area contributed by atoms with Crippen LogP contribution in [0.5, 0.6) is 5.75 Å². The molecule has 10 nitrogen and oxygen atoms in total. The van der Waals surface area contributed by atoms with Gasteiger partial charge < -0.3 is 29.3 Å². The highest BCUT2D eigenvalue weighted by molar-refractivity contribution is 5.96. The summed E-state index contributed by atoms with van der Waals surface area (Å²) in [6.45, 7) is 3.08. The van der Waals surface area contributed by atoms with E-state index in [0.717, 1.165) is 0 Å². The molecular formula is C22H26N4O6. The smallest absolute Gasteiger partial charge is 0.409 e. The Morgan fingerprint density at radius 1 is 1.00 bits per heavy atom. The Hall–Kier alpha value is -3.82. The van der Waals surface area contributed by atoms with Crippen LogP contribution in [0.3, 0.4) is 0 Å². The maximum absolute atomic E-state index is 12.6. The standard InChI is InChI=1S/C22H26N4O6/c1-3-31-22(29)26-13-11-25(12-14-26)19(27)15-32-21(28)16-7-6-10-23-20(16)24-17-8-4-5-9-18(17)30-2/h4-10H,3,11-15H2,1-2H3,(H,23,24). The van der Waals surface area contributed by atoms with Crippen LogP contribution >= 0.6 is 0 Å². The predicted molar refractivity (Wildman–Crippen MR) is 116 cm³/mol. The third kappa shape index (κ3) is 5.65. The molecule has 0 saturated carbocycles. The molecule has 170 valence electrons. The number of carbonyl (C=O) groups is 3. The number of piperazine rings is 1. The van der Waals surface area contributed by atoms with Gasteiger partial charge in [-0.3, -0.25) is 4.79 Å². The summed E-state index contributed by atoms with van der Waals surface area (Å²) in [5.41, 5.74) is 0.830. The molecule has 1 aromatic heterocycles. The lowest BCUT2D eigenvalue weighted by Crippen LogP contribution is -2.51. The molecule has 1 aliphatic heterocycles. The maximum atomic E-state index is 12.6. The Balaban J connectivity index is 1.57. The number of nitrogens with zero attached hydrogens (tertiary/aromatic N) is 3. The van der Waals surface area contributed by atoms with E-state index in [1.807, 2.05) is 12.1 Å². The van der Waals surface area contributed by atoms with Crippen molar-refractivity contribution in [3.63, 3.8) is 0 Å². The molecule has 1 N–H and O–H groups in total. The molecule has 10 heteroatoms. The van der Waals surface area contributed by atoms with Crippen LogP contribution < -0.4 is 10.1 Å². The van der Waals surface area contributed by atoms with Gasteiger partial charge in [-0.2, -0.15) is 0 Å². The Labute approximate surface area is 186 Å². The van der Waals surface area contributed by atoms with Crippen molar-refractivity contribution in [2.45, 2.75) is 6.92 Å². The van der Waals surface area contributed by atoms with E-state index < -0.39 is 18.7 Å². The number of methoxy groups -OCH3 is 1. The normalized spacial score (nSPS) is 13.3. The summed E-state index contributed by atoms with van der Waals surface area (Å²) < 4.78 is 15.5. The number of hydrogen-bond donors (Lipinski definition) is 1. The molecule has 1 saturated heterocycles. The van der Waals surface area contributed by atoms with Gasteiger partial charge in [0.25, 0.3) is 5.91 Å². The van der Waals surface area contributed by atoms with Crippen LogP contribution in [0.25, 0.3) is 0 Å². The van der Waals surface area contributed by atoms with Crippen molar-refractivity contribution in [1.82, 2.24) is 14.8 Å². The van der Waals surface area contributed by atoms with Gasteiger partial charge in [0, 0.05) is 32.4 Å². The van der Waals surface area contributed by atoms with Gasteiger partial charge in [-0.05, 0) is 31.2 Å². The lowest BCUT2D eigenvalue weighted by atomic mass is 10.2. The second-order valence-electron chi connectivity index (χ2n) is 6.87. The number of amides is 2. The highest BCUT2D eigenvalue weighted by Crippen LogP contribution is 2.27. The second kappa shape index (κ2) is 11.0. The summed E-state index contributed by atoms with van der Waals surface area (Å²) in [6.07, 6.45) is 1.15. The van der Waals surface area contributed by atoms with E-state index in [4.69, 9.17) is 14.2 Å². The van der Waals surface area contributed by atoms with Crippen molar-refractivity contribution in [1.29, 1.82) is 0 Å². The average molecular weight is 442 g/mol. The van der Waals surface area contributed by atoms with Gasteiger partial charge in [-0.15, -0.1) is 0 Å². The van der Waals surface area contributed by atoms with Gasteiger partial charge in [-0.25, -0.2) is 14.6 Å². The zero-order valence-corrected chi connectivity index (χ0v) is 18.1. The fourth-order valence-corrected chi connectivity index (χ4v) is 3.19. The number of anilines is 2. The van der Waals surface area contributed by atoms with Crippen LogP contribution in [0.1, 0.15) is 17.3 Å². The number of esters is 1. The van der Waals surface area contributed by atoms with E-state index in [2.05, 4.69) is 10.3 Å². The number of benzene rings is 1. The quantitative estimate of drug-likeness (QED) is 0.651. The third-order valence-corrected chi connectivity index (χ3v) is 4.87. The van der Waals surface area contributed by atoms with Gasteiger partial charge >= 0.3 is 12.1 Å². The minimum Gasteiger partial charge on any atom is -0.495 e. The molecular weight excluding hydrogens is 416 g/mol. The fourth-order valence-electron chi connectivity index (χ4n) is 3.19. The molecule has 0 atom stereocenters. The fraction of sp³-hybridized carbons (Fsp3) is 0.364. The topological polar surface area (TPSA) is 110 Å². The molecule has 1 fully saturated rings. The molecule has 3 rings (SSSR count). The van der Waals surface area contributed by atoms with Gasteiger partial charge in [0.2, 0.25) is 0 Å². The summed E-state index contributed by atoms with van der Waals surface area (Å²) >= 11 is 0. The van der Waals surface area contributed by atoms with Crippen LogP contribution in [0.4, 0.5) is 16.3 Å². The zero-order valence-electron chi connectivity index (χ0n) is 18.1. The van der Waals surface area contributed by atoms with Crippen molar-refractivity contribution in [2.24, 2.45) is 0 Å². The van der Waals surface area contributed by atoms with E-state index in [0.29, 0.717) is 44.2 Å². The Morgan fingerprint density at radius 2 is 1.72 bits per heavy atom. The first-order valence-corrected chi connectivity index (χ1v) is 10.2. The van der Waals surface area contributed by atoms with Crippen molar-refractivity contribution in [3.05, 3.63) is 48.2 Å². The van der Waals surface area contributed by atoms with Crippen molar-refractivity contribution >= 4 is 29.5 Å². The van der Waals surface area contributed by atoms with Gasteiger partial charge in [-0.1, -0.05) is 12.1 Å². The van der Waals surface area contributed by atoms with Gasteiger partial charge in [0.05, 0.1) is 19.4 Å². The summed E-state index contributed by atoms with van der Waals surface area (Å²) in [6, 6.07) is 10.4. The van der Waals surface area contributed by atoms with Gasteiger partial charge in [0.1, 0.15) is 17.1 Å². The van der Waals surface area contributed by atoms with E-state index in [9.17, 15) is 14.4 Å². The van der Waals surface area contributed by atoms with Crippen LogP contribution in [-0.2, 0) is 14.3 Å². The van der Waals surface area contributed by atoms with E-state index >= 15 is 0 Å². The predicted octanol–water partition coefficient (Wildman–Crippen LogP) is 2.29. The summed E-state index contributed by atoms with van der Waals surface area (Å²) in [5.74, 6) is -0.119. The van der Waals surface area contributed by atoms with Crippen LogP contribution in [0, 0.1) is 0 Å².